The van der Waals surface area contributed by atoms with Crippen molar-refractivity contribution in [3.05, 3.63) is 0 Å². The van der Waals surface area contributed by atoms with E-state index in [4.69, 9.17) is 14.2 Å². The van der Waals surface area contributed by atoms with Crippen molar-refractivity contribution in [2.75, 3.05) is 13.2 Å². The van der Waals surface area contributed by atoms with Gasteiger partial charge >= 0.3 is 17.9 Å². The highest BCUT2D eigenvalue weighted by Crippen LogP contribution is 2.36. The molecule has 22 heavy (non-hydrogen) atoms. The van der Waals surface area contributed by atoms with Gasteiger partial charge in [0.05, 0.1) is 12.1 Å². The summed E-state index contributed by atoms with van der Waals surface area (Å²) < 4.78 is 16.0. The quantitative estimate of drug-likeness (QED) is 0.556. The van der Waals surface area contributed by atoms with Gasteiger partial charge in [-0.3, -0.25) is 19.3 Å². The Bertz CT molecular complexity index is 451. The Kier molecular flexibility index (Phi) is 5.39. The van der Waals surface area contributed by atoms with Crippen LogP contribution in [0.3, 0.4) is 0 Å². The number of ether oxygens (including phenoxy) is 3. The molecular formula is C15H23NO6. The maximum Gasteiger partial charge on any atom is 0.303 e. The highest BCUT2D eigenvalue weighted by Gasteiger charge is 2.53. The van der Waals surface area contributed by atoms with E-state index in [0.29, 0.717) is 0 Å². The predicted molar refractivity (Wildman–Crippen MR) is 75.9 cm³/mol. The Morgan fingerprint density at radius 2 is 1.59 bits per heavy atom. The molecule has 0 N–H and O–H groups in total. The fourth-order valence-electron chi connectivity index (χ4n) is 3.44. The standard InChI is InChI=1S/C15H23NO6/c1-9(17)20-8-13-15(22-11(3)19)14(21-10(2)18)12-6-4-5-7-16(12)13/h12-15H,4-8H2,1-3H3/t12-,13-,14-,15+/m1/s1. The van der Waals surface area contributed by atoms with Gasteiger partial charge in [-0.1, -0.05) is 6.42 Å². The van der Waals surface area contributed by atoms with Gasteiger partial charge in [0.15, 0.2) is 12.2 Å². The molecule has 124 valence electrons. The lowest BCUT2D eigenvalue weighted by Gasteiger charge is -2.33. The maximum absolute atomic E-state index is 11.4. The minimum atomic E-state index is -0.608. The third kappa shape index (κ3) is 3.76. The minimum Gasteiger partial charge on any atom is -0.464 e. The molecule has 0 saturated carbocycles. The van der Waals surface area contributed by atoms with E-state index in [9.17, 15) is 14.4 Å². The van der Waals surface area contributed by atoms with Crippen molar-refractivity contribution in [3.8, 4) is 0 Å². The Hall–Kier alpha value is -1.63. The highest BCUT2D eigenvalue weighted by molar-refractivity contribution is 5.68. The van der Waals surface area contributed by atoms with Crippen LogP contribution in [0, 0.1) is 0 Å². The van der Waals surface area contributed by atoms with Crippen LogP contribution in [0.5, 0.6) is 0 Å². The normalized spacial score (nSPS) is 31.2. The van der Waals surface area contributed by atoms with E-state index in [1.54, 1.807) is 0 Å². The van der Waals surface area contributed by atoms with E-state index in [0.717, 1.165) is 25.8 Å². The largest absolute Gasteiger partial charge is 0.464 e. The lowest BCUT2D eigenvalue weighted by atomic mass is 10.00. The first kappa shape index (κ1) is 16.7. The van der Waals surface area contributed by atoms with Crippen molar-refractivity contribution in [2.24, 2.45) is 0 Å². The van der Waals surface area contributed by atoms with E-state index in [1.165, 1.54) is 20.8 Å². The fourth-order valence-corrected chi connectivity index (χ4v) is 3.44. The van der Waals surface area contributed by atoms with E-state index in [2.05, 4.69) is 4.90 Å². The first-order valence-corrected chi connectivity index (χ1v) is 7.63. The molecule has 7 heteroatoms. The molecular weight excluding hydrogens is 290 g/mol. The van der Waals surface area contributed by atoms with Gasteiger partial charge in [-0.2, -0.15) is 0 Å². The number of hydrogen-bond donors (Lipinski definition) is 0. The predicted octanol–water partition coefficient (Wildman–Crippen LogP) is 0.650. The van der Waals surface area contributed by atoms with Crippen LogP contribution in [-0.2, 0) is 28.6 Å². The van der Waals surface area contributed by atoms with Crippen LogP contribution >= 0.6 is 0 Å². The zero-order chi connectivity index (χ0) is 16.3. The molecule has 0 radical (unpaired) electrons. The van der Waals surface area contributed by atoms with Crippen LogP contribution in [0.2, 0.25) is 0 Å². The molecule has 2 saturated heterocycles. The second kappa shape index (κ2) is 7.09. The molecule has 0 aromatic heterocycles. The average Bonchev–Trinajstić information content (AvgIpc) is 2.69. The summed E-state index contributed by atoms with van der Waals surface area (Å²) >= 11 is 0. The third-order valence-electron chi connectivity index (χ3n) is 4.16. The van der Waals surface area contributed by atoms with Gasteiger partial charge in [0.25, 0.3) is 0 Å². The number of nitrogens with zero attached hydrogens (tertiary/aromatic N) is 1. The maximum atomic E-state index is 11.4. The minimum absolute atomic E-state index is 0.00237. The van der Waals surface area contributed by atoms with Gasteiger partial charge in [-0.15, -0.1) is 0 Å². The first-order valence-electron chi connectivity index (χ1n) is 7.63. The topological polar surface area (TPSA) is 82.1 Å². The van der Waals surface area contributed by atoms with E-state index in [-0.39, 0.29) is 24.7 Å². The Morgan fingerprint density at radius 3 is 2.18 bits per heavy atom. The summed E-state index contributed by atoms with van der Waals surface area (Å²) in [6, 6.07) is -0.273. The van der Waals surface area contributed by atoms with Crippen molar-refractivity contribution in [3.63, 3.8) is 0 Å². The van der Waals surface area contributed by atoms with E-state index >= 15 is 0 Å². The van der Waals surface area contributed by atoms with Crippen molar-refractivity contribution >= 4 is 17.9 Å². The number of carbonyl (C=O) groups is 3. The first-order chi connectivity index (χ1) is 10.4. The summed E-state index contributed by atoms with van der Waals surface area (Å²) in [5.74, 6) is -1.22. The van der Waals surface area contributed by atoms with Crippen LogP contribution in [0.4, 0.5) is 0 Å². The zero-order valence-electron chi connectivity index (χ0n) is 13.2. The molecule has 0 unspecified atom stereocenters. The zero-order valence-corrected chi connectivity index (χ0v) is 13.2. The molecule has 2 heterocycles. The van der Waals surface area contributed by atoms with Gasteiger partial charge in [-0.05, 0) is 19.4 Å². The molecule has 2 fully saturated rings. The van der Waals surface area contributed by atoms with Gasteiger partial charge < -0.3 is 14.2 Å². The van der Waals surface area contributed by atoms with Crippen LogP contribution in [0.15, 0.2) is 0 Å². The molecule has 2 rings (SSSR count). The molecule has 0 bridgehead atoms. The Morgan fingerprint density at radius 1 is 0.955 bits per heavy atom. The van der Waals surface area contributed by atoms with Crippen LogP contribution < -0.4 is 0 Å². The number of carbonyl (C=O) groups excluding carboxylic acids is 3. The highest BCUT2D eigenvalue weighted by atomic mass is 16.6. The van der Waals surface area contributed by atoms with E-state index in [1.807, 2.05) is 0 Å². The summed E-state index contributed by atoms with van der Waals surface area (Å²) in [5, 5.41) is 0. The van der Waals surface area contributed by atoms with Crippen LogP contribution in [0.1, 0.15) is 40.0 Å². The van der Waals surface area contributed by atoms with Crippen molar-refractivity contribution in [2.45, 2.75) is 64.3 Å². The molecule has 0 aromatic rings. The number of esters is 3. The van der Waals surface area contributed by atoms with E-state index < -0.39 is 24.1 Å². The fraction of sp³-hybridized carbons (Fsp3) is 0.800. The number of piperidine rings is 1. The summed E-state index contributed by atoms with van der Waals surface area (Å²) in [5.41, 5.74) is 0. The third-order valence-corrected chi connectivity index (χ3v) is 4.16. The lowest BCUT2D eigenvalue weighted by molar-refractivity contribution is -0.165. The molecule has 7 nitrogen and oxygen atoms in total. The van der Waals surface area contributed by atoms with Gasteiger partial charge in [0, 0.05) is 20.8 Å². The van der Waals surface area contributed by atoms with Crippen LogP contribution in [-0.4, -0.2) is 60.3 Å². The second-order valence-corrected chi connectivity index (χ2v) is 5.82. The summed E-state index contributed by atoms with van der Waals surface area (Å²) in [6.45, 7) is 4.95. The Labute approximate surface area is 129 Å². The monoisotopic (exact) mass is 313 g/mol. The molecule has 4 atom stereocenters. The summed E-state index contributed by atoms with van der Waals surface area (Å²) in [6.07, 6.45) is 1.80. The molecule has 0 spiro atoms. The molecule has 0 amide bonds. The molecule has 0 aromatic carbocycles. The van der Waals surface area contributed by atoms with Gasteiger partial charge in [0.1, 0.15) is 6.61 Å². The van der Waals surface area contributed by atoms with Gasteiger partial charge in [0.2, 0.25) is 0 Å². The lowest BCUT2D eigenvalue weighted by Crippen LogP contribution is -2.45. The summed E-state index contributed by atoms with van der Waals surface area (Å²) in [7, 11) is 0. The van der Waals surface area contributed by atoms with Crippen molar-refractivity contribution in [1.29, 1.82) is 0 Å². The molecule has 0 aliphatic carbocycles. The number of fused-ring (bicyclic) bond motifs is 1. The number of hydrogen-bond acceptors (Lipinski definition) is 7. The SMILES string of the molecule is CC(=O)OC[C@@H]1[C@H](OC(C)=O)[C@H](OC(C)=O)[C@H]2CCCCN12. The Balaban J connectivity index is 2.23. The second-order valence-electron chi connectivity index (χ2n) is 5.82. The van der Waals surface area contributed by atoms with Crippen LogP contribution in [0.25, 0.3) is 0 Å². The average molecular weight is 313 g/mol. The van der Waals surface area contributed by atoms with Crippen molar-refractivity contribution < 1.29 is 28.6 Å². The molecule has 2 aliphatic heterocycles. The summed E-state index contributed by atoms with van der Waals surface area (Å²) in [4.78, 5) is 36.1. The molecule has 2 aliphatic rings. The smallest absolute Gasteiger partial charge is 0.303 e. The van der Waals surface area contributed by atoms with Gasteiger partial charge in [-0.25, -0.2) is 0 Å². The number of rotatable bonds is 4. The van der Waals surface area contributed by atoms with Crippen molar-refractivity contribution in [1.82, 2.24) is 4.90 Å².